The molecule has 1 nitrogen and oxygen atoms in total. The van der Waals surface area contributed by atoms with E-state index < -0.39 is 0 Å². The zero-order chi connectivity index (χ0) is 10.1. The van der Waals surface area contributed by atoms with E-state index in [1.165, 1.54) is 16.5 Å². The van der Waals surface area contributed by atoms with Crippen molar-refractivity contribution in [2.24, 2.45) is 0 Å². The van der Waals surface area contributed by atoms with Crippen LogP contribution >= 0.6 is 0 Å². The summed E-state index contributed by atoms with van der Waals surface area (Å²) in [7, 11) is 0. The fraction of sp³-hybridized carbons (Fsp3) is 0.385. The van der Waals surface area contributed by atoms with E-state index in [0.29, 0.717) is 5.92 Å². The van der Waals surface area contributed by atoms with Crippen molar-refractivity contribution in [3.05, 3.63) is 36.0 Å². The zero-order valence-corrected chi connectivity index (χ0v) is 9.12. The van der Waals surface area contributed by atoms with Crippen molar-refractivity contribution in [3.63, 3.8) is 0 Å². The number of aryl methyl sites for hydroxylation is 1. The summed E-state index contributed by atoms with van der Waals surface area (Å²) in [5.74, 6) is 0.604. The first-order chi connectivity index (χ1) is 6.74. The summed E-state index contributed by atoms with van der Waals surface area (Å²) in [5.41, 5.74) is 2.82. The summed E-state index contributed by atoms with van der Waals surface area (Å²) < 4.78 is 2.32. The fourth-order valence-electron chi connectivity index (χ4n) is 2.00. The van der Waals surface area contributed by atoms with Crippen molar-refractivity contribution in [2.75, 3.05) is 0 Å². The molecule has 1 heterocycles. The van der Waals surface area contributed by atoms with Crippen LogP contribution in [-0.2, 0) is 6.54 Å². The molecule has 0 unspecified atom stereocenters. The molecule has 0 aliphatic rings. The number of hydrogen-bond donors (Lipinski definition) is 0. The summed E-state index contributed by atoms with van der Waals surface area (Å²) in [4.78, 5) is 0. The maximum Gasteiger partial charge on any atom is 0.0483 e. The smallest absolute Gasteiger partial charge is 0.0483 e. The first kappa shape index (κ1) is 9.32. The molecule has 0 saturated heterocycles. The van der Waals surface area contributed by atoms with Crippen LogP contribution in [0.5, 0.6) is 0 Å². The monoisotopic (exact) mass is 187 g/mol. The van der Waals surface area contributed by atoms with E-state index >= 15 is 0 Å². The quantitative estimate of drug-likeness (QED) is 0.674. The fourth-order valence-corrected chi connectivity index (χ4v) is 2.00. The number of aromatic nitrogens is 1. The minimum absolute atomic E-state index is 0.604. The predicted octanol–water partition coefficient (Wildman–Crippen LogP) is 3.78. The van der Waals surface area contributed by atoms with Gasteiger partial charge in [-0.05, 0) is 24.5 Å². The highest BCUT2D eigenvalue weighted by atomic mass is 14.9. The highest BCUT2D eigenvalue weighted by Gasteiger charge is 2.09. The van der Waals surface area contributed by atoms with E-state index in [-0.39, 0.29) is 0 Å². The van der Waals surface area contributed by atoms with Gasteiger partial charge in [-0.1, -0.05) is 32.0 Å². The zero-order valence-electron chi connectivity index (χ0n) is 9.12. The van der Waals surface area contributed by atoms with Gasteiger partial charge in [-0.15, -0.1) is 0 Å². The molecule has 0 aliphatic carbocycles. The Morgan fingerprint density at radius 3 is 2.57 bits per heavy atom. The molecule has 2 aromatic rings. The van der Waals surface area contributed by atoms with Gasteiger partial charge in [0, 0.05) is 23.6 Å². The van der Waals surface area contributed by atoms with Gasteiger partial charge in [-0.25, -0.2) is 0 Å². The molecule has 0 radical (unpaired) electrons. The van der Waals surface area contributed by atoms with Gasteiger partial charge in [0.05, 0.1) is 0 Å². The van der Waals surface area contributed by atoms with Crippen LogP contribution in [0.2, 0.25) is 0 Å². The van der Waals surface area contributed by atoms with Crippen LogP contribution in [0.1, 0.15) is 32.3 Å². The topological polar surface area (TPSA) is 4.93 Å². The Morgan fingerprint density at radius 2 is 1.93 bits per heavy atom. The number of fused-ring (bicyclic) bond motifs is 1. The van der Waals surface area contributed by atoms with Gasteiger partial charge in [0.25, 0.3) is 0 Å². The maximum atomic E-state index is 2.32. The number of hydrogen-bond acceptors (Lipinski definition) is 0. The number of para-hydroxylation sites is 1. The highest BCUT2D eigenvalue weighted by molar-refractivity contribution is 5.84. The van der Waals surface area contributed by atoms with E-state index in [4.69, 9.17) is 0 Å². The molecular weight excluding hydrogens is 170 g/mol. The molecule has 0 amide bonds. The summed E-state index contributed by atoms with van der Waals surface area (Å²) in [5, 5.41) is 1.41. The molecule has 0 bridgehead atoms. The first-order valence-electron chi connectivity index (χ1n) is 5.31. The van der Waals surface area contributed by atoms with Gasteiger partial charge in [0.15, 0.2) is 0 Å². The van der Waals surface area contributed by atoms with Crippen molar-refractivity contribution < 1.29 is 0 Å². The van der Waals surface area contributed by atoms with Gasteiger partial charge in [0.2, 0.25) is 0 Å². The normalized spacial score (nSPS) is 11.4. The van der Waals surface area contributed by atoms with Crippen LogP contribution < -0.4 is 0 Å². The summed E-state index contributed by atoms with van der Waals surface area (Å²) in [6.07, 6.45) is 2.29. The Labute approximate surface area is 85.4 Å². The van der Waals surface area contributed by atoms with Crippen LogP contribution in [0, 0.1) is 0 Å². The lowest BCUT2D eigenvalue weighted by Gasteiger charge is -2.00. The lowest BCUT2D eigenvalue weighted by atomic mass is 10.0. The van der Waals surface area contributed by atoms with Crippen molar-refractivity contribution >= 4 is 10.9 Å². The molecule has 1 aromatic heterocycles. The molecule has 0 aliphatic heterocycles. The maximum absolute atomic E-state index is 2.32. The largest absolute Gasteiger partial charge is 0.347 e. The van der Waals surface area contributed by atoms with Gasteiger partial charge < -0.3 is 4.57 Å². The Morgan fingerprint density at radius 1 is 1.21 bits per heavy atom. The summed E-state index contributed by atoms with van der Waals surface area (Å²) in [6, 6.07) is 8.65. The van der Waals surface area contributed by atoms with Crippen molar-refractivity contribution in [1.82, 2.24) is 4.57 Å². The minimum atomic E-state index is 0.604. The van der Waals surface area contributed by atoms with Crippen molar-refractivity contribution in [2.45, 2.75) is 33.2 Å². The van der Waals surface area contributed by atoms with E-state index in [2.05, 4.69) is 55.8 Å². The molecule has 0 atom stereocenters. The highest BCUT2D eigenvalue weighted by Crippen LogP contribution is 2.27. The number of nitrogens with zero attached hydrogens (tertiary/aromatic N) is 1. The lowest BCUT2D eigenvalue weighted by Crippen LogP contribution is -1.90. The average molecular weight is 187 g/mol. The van der Waals surface area contributed by atoms with Gasteiger partial charge in [-0.2, -0.15) is 0 Å². The molecule has 0 spiro atoms. The van der Waals surface area contributed by atoms with E-state index in [0.717, 1.165) is 6.54 Å². The van der Waals surface area contributed by atoms with E-state index in [1.807, 2.05) is 0 Å². The van der Waals surface area contributed by atoms with Crippen LogP contribution in [0.3, 0.4) is 0 Å². The second-order valence-electron chi connectivity index (χ2n) is 4.04. The van der Waals surface area contributed by atoms with Crippen LogP contribution in [0.15, 0.2) is 30.5 Å². The first-order valence-corrected chi connectivity index (χ1v) is 5.31. The molecule has 1 aromatic carbocycles. The van der Waals surface area contributed by atoms with Crippen LogP contribution in [-0.4, -0.2) is 4.57 Å². The Balaban J connectivity index is 2.73. The minimum Gasteiger partial charge on any atom is -0.347 e. The molecule has 2 rings (SSSR count). The molecule has 0 fully saturated rings. The molecule has 0 N–H and O–H groups in total. The van der Waals surface area contributed by atoms with Crippen LogP contribution in [0.25, 0.3) is 10.9 Å². The lowest BCUT2D eigenvalue weighted by molar-refractivity contribution is 0.780. The Hall–Kier alpha value is -1.24. The van der Waals surface area contributed by atoms with Gasteiger partial charge in [-0.3, -0.25) is 0 Å². The van der Waals surface area contributed by atoms with Crippen molar-refractivity contribution in [1.29, 1.82) is 0 Å². The predicted molar refractivity (Wildman–Crippen MR) is 61.7 cm³/mol. The van der Waals surface area contributed by atoms with E-state index in [1.54, 1.807) is 0 Å². The second kappa shape index (κ2) is 3.49. The van der Waals surface area contributed by atoms with Gasteiger partial charge >= 0.3 is 0 Å². The molecule has 0 saturated carbocycles. The van der Waals surface area contributed by atoms with E-state index in [9.17, 15) is 0 Å². The Kier molecular flexibility index (Phi) is 2.32. The third-order valence-electron chi connectivity index (χ3n) is 2.78. The standard InChI is InChI=1S/C13H17N/c1-4-14-9-12(10(2)3)11-7-5-6-8-13(11)14/h5-10H,4H2,1-3H3. The van der Waals surface area contributed by atoms with Crippen molar-refractivity contribution in [3.8, 4) is 0 Å². The average Bonchev–Trinajstić information content (AvgIpc) is 2.56. The molecule has 74 valence electrons. The number of benzene rings is 1. The Bertz CT molecular complexity index is 437. The number of rotatable bonds is 2. The summed E-state index contributed by atoms with van der Waals surface area (Å²) in [6.45, 7) is 7.74. The SMILES string of the molecule is CCn1cc(C(C)C)c2ccccc21. The third-order valence-corrected chi connectivity index (χ3v) is 2.78. The van der Waals surface area contributed by atoms with Gasteiger partial charge in [0.1, 0.15) is 0 Å². The molecule has 1 heteroatoms. The summed E-state index contributed by atoms with van der Waals surface area (Å²) >= 11 is 0. The second-order valence-corrected chi connectivity index (χ2v) is 4.04. The molecule has 14 heavy (non-hydrogen) atoms. The molecular formula is C13H17N. The van der Waals surface area contributed by atoms with Crippen LogP contribution in [0.4, 0.5) is 0 Å². The third kappa shape index (κ3) is 1.33.